The minimum atomic E-state index is -0.660. The standard InChI is InChI=1S/C9H11N5O3S/c15-6-3-5(13-8(17)14-6)12-7(16)4-18-9-10-1-2-11-9/h3H,1-2,4H2,(H,10,11)(H3,12,13,14,15,16,17). The van der Waals surface area contributed by atoms with Crippen LogP contribution in [-0.4, -0.2) is 39.9 Å². The lowest BCUT2D eigenvalue weighted by Gasteiger charge is -2.04. The molecule has 4 N–H and O–H groups in total. The predicted molar refractivity (Wildman–Crippen MR) is 69.1 cm³/mol. The molecular formula is C9H11N5O3S. The summed E-state index contributed by atoms with van der Waals surface area (Å²) in [6.07, 6.45) is 0. The molecule has 0 atom stereocenters. The van der Waals surface area contributed by atoms with Crippen LogP contribution in [-0.2, 0) is 4.79 Å². The van der Waals surface area contributed by atoms with Gasteiger partial charge in [0.1, 0.15) is 5.82 Å². The molecule has 0 saturated heterocycles. The van der Waals surface area contributed by atoms with Crippen LogP contribution in [0.2, 0.25) is 0 Å². The number of anilines is 1. The Bertz CT molecular complexity index is 562. The van der Waals surface area contributed by atoms with Crippen molar-refractivity contribution in [3.8, 4) is 0 Å². The van der Waals surface area contributed by atoms with Crippen molar-refractivity contribution in [3.63, 3.8) is 0 Å². The molecule has 0 radical (unpaired) electrons. The van der Waals surface area contributed by atoms with Gasteiger partial charge in [-0.1, -0.05) is 11.8 Å². The molecule has 0 fully saturated rings. The zero-order valence-electron chi connectivity index (χ0n) is 9.28. The summed E-state index contributed by atoms with van der Waals surface area (Å²) in [6, 6.07) is 1.11. The molecule has 96 valence electrons. The first-order valence-electron chi connectivity index (χ1n) is 5.18. The van der Waals surface area contributed by atoms with E-state index in [9.17, 15) is 14.4 Å². The summed E-state index contributed by atoms with van der Waals surface area (Å²) in [5, 5.41) is 6.17. The summed E-state index contributed by atoms with van der Waals surface area (Å²) in [4.78, 5) is 41.9. The van der Waals surface area contributed by atoms with Crippen LogP contribution in [0.1, 0.15) is 0 Å². The van der Waals surface area contributed by atoms with Crippen LogP contribution in [0.15, 0.2) is 20.6 Å². The molecule has 1 aromatic heterocycles. The third-order valence-corrected chi connectivity index (χ3v) is 2.97. The van der Waals surface area contributed by atoms with Crippen LogP contribution >= 0.6 is 11.8 Å². The smallest absolute Gasteiger partial charge is 0.327 e. The van der Waals surface area contributed by atoms with Crippen LogP contribution < -0.4 is 21.9 Å². The predicted octanol–water partition coefficient (Wildman–Crippen LogP) is -1.31. The van der Waals surface area contributed by atoms with Gasteiger partial charge >= 0.3 is 5.69 Å². The van der Waals surface area contributed by atoms with Gasteiger partial charge in [-0.2, -0.15) is 0 Å². The van der Waals surface area contributed by atoms with E-state index in [0.717, 1.165) is 17.8 Å². The van der Waals surface area contributed by atoms with Gasteiger partial charge in [0.05, 0.1) is 12.3 Å². The highest BCUT2D eigenvalue weighted by Crippen LogP contribution is 2.06. The number of carbonyl (C=O) groups excluding carboxylic acids is 1. The highest BCUT2D eigenvalue weighted by Gasteiger charge is 2.09. The minimum Gasteiger partial charge on any atom is -0.363 e. The van der Waals surface area contributed by atoms with Gasteiger partial charge in [-0.05, 0) is 0 Å². The van der Waals surface area contributed by atoms with Crippen LogP contribution in [0.5, 0.6) is 0 Å². The Morgan fingerprint density at radius 1 is 1.44 bits per heavy atom. The second-order valence-corrected chi connectivity index (χ2v) is 4.42. The van der Waals surface area contributed by atoms with Gasteiger partial charge in [0, 0.05) is 12.6 Å². The molecule has 1 aliphatic rings. The number of hydrogen-bond acceptors (Lipinski definition) is 6. The van der Waals surface area contributed by atoms with Gasteiger partial charge in [-0.15, -0.1) is 0 Å². The van der Waals surface area contributed by atoms with Crippen molar-refractivity contribution < 1.29 is 4.79 Å². The van der Waals surface area contributed by atoms with Crippen LogP contribution in [0.4, 0.5) is 5.82 Å². The number of nitrogens with one attached hydrogen (secondary N) is 4. The second-order valence-electron chi connectivity index (χ2n) is 3.45. The zero-order chi connectivity index (χ0) is 13.0. The lowest BCUT2D eigenvalue weighted by Crippen LogP contribution is -2.26. The van der Waals surface area contributed by atoms with Crippen molar-refractivity contribution in [2.24, 2.45) is 4.99 Å². The molecule has 18 heavy (non-hydrogen) atoms. The topological polar surface area (TPSA) is 119 Å². The molecule has 0 aliphatic carbocycles. The largest absolute Gasteiger partial charge is 0.363 e. The average Bonchev–Trinajstić information content (AvgIpc) is 2.77. The van der Waals surface area contributed by atoms with Crippen LogP contribution in [0, 0.1) is 0 Å². The first-order chi connectivity index (χ1) is 8.63. The number of H-pyrrole nitrogens is 2. The van der Waals surface area contributed by atoms with E-state index in [0.29, 0.717) is 6.54 Å². The van der Waals surface area contributed by atoms with Crippen molar-refractivity contribution >= 4 is 28.7 Å². The van der Waals surface area contributed by atoms with E-state index >= 15 is 0 Å². The molecular weight excluding hydrogens is 258 g/mol. The first kappa shape index (κ1) is 12.4. The molecule has 0 unspecified atom stereocenters. The van der Waals surface area contributed by atoms with Gasteiger partial charge in [0.25, 0.3) is 5.56 Å². The Balaban J connectivity index is 1.90. The maximum Gasteiger partial charge on any atom is 0.327 e. The number of amidine groups is 1. The van der Waals surface area contributed by atoms with Crippen molar-refractivity contribution in [1.29, 1.82) is 0 Å². The molecule has 2 rings (SSSR count). The third kappa shape index (κ3) is 3.48. The van der Waals surface area contributed by atoms with E-state index in [-0.39, 0.29) is 17.5 Å². The molecule has 1 aromatic rings. The highest BCUT2D eigenvalue weighted by atomic mass is 32.2. The van der Waals surface area contributed by atoms with Crippen molar-refractivity contribution in [3.05, 3.63) is 26.9 Å². The zero-order valence-corrected chi connectivity index (χ0v) is 10.1. The average molecular weight is 269 g/mol. The Morgan fingerprint density at radius 3 is 2.94 bits per heavy atom. The fraction of sp³-hybridized carbons (Fsp3) is 0.333. The van der Waals surface area contributed by atoms with Gasteiger partial charge in [0.15, 0.2) is 5.17 Å². The minimum absolute atomic E-state index is 0.0793. The summed E-state index contributed by atoms with van der Waals surface area (Å²) in [6.45, 7) is 1.50. The maximum atomic E-state index is 11.5. The van der Waals surface area contributed by atoms with E-state index in [1.54, 1.807) is 0 Å². The van der Waals surface area contributed by atoms with Crippen LogP contribution in [0.25, 0.3) is 0 Å². The Morgan fingerprint density at radius 2 is 2.28 bits per heavy atom. The van der Waals surface area contributed by atoms with Crippen molar-refractivity contribution in [2.75, 3.05) is 24.2 Å². The number of carbonyl (C=O) groups is 1. The molecule has 2 heterocycles. The molecule has 0 bridgehead atoms. The number of amides is 1. The van der Waals surface area contributed by atoms with E-state index in [1.165, 1.54) is 11.8 Å². The highest BCUT2D eigenvalue weighted by molar-refractivity contribution is 8.14. The normalized spacial score (nSPS) is 13.9. The lowest BCUT2D eigenvalue weighted by atomic mass is 10.5. The summed E-state index contributed by atoms with van der Waals surface area (Å²) in [5.41, 5.74) is -1.23. The number of aromatic nitrogens is 2. The second kappa shape index (κ2) is 5.54. The first-order valence-corrected chi connectivity index (χ1v) is 6.17. The van der Waals surface area contributed by atoms with Gasteiger partial charge in [-0.25, -0.2) is 4.79 Å². The van der Waals surface area contributed by atoms with E-state index in [2.05, 4.69) is 20.6 Å². The van der Waals surface area contributed by atoms with E-state index < -0.39 is 11.2 Å². The fourth-order valence-electron chi connectivity index (χ4n) is 1.33. The lowest BCUT2D eigenvalue weighted by molar-refractivity contribution is -0.113. The SMILES string of the molecule is O=C(CSC1=NCCN1)Nc1cc(=O)[nH]c(=O)[nH]1. The Kier molecular flexibility index (Phi) is 3.82. The Hall–Kier alpha value is -2.03. The molecule has 0 spiro atoms. The monoisotopic (exact) mass is 269 g/mol. The summed E-state index contributed by atoms with van der Waals surface area (Å²) in [7, 11) is 0. The molecule has 1 aliphatic heterocycles. The number of aliphatic imine (C=N–C) groups is 1. The van der Waals surface area contributed by atoms with Crippen molar-refractivity contribution in [2.45, 2.75) is 0 Å². The summed E-state index contributed by atoms with van der Waals surface area (Å²) >= 11 is 1.27. The summed E-state index contributed by atoms with van der Waals surface area (Å²) < 4.78 is 0. The number of nitrogens with zero attached hydrogens (tertiary/aromatic N) is 1. The fourth-order valence-corrected chi connectivity index (χ4v) is 2.06. The number of aromatic amines is 2. The van der Waals surface area contributed by atoms with Gasteiger partial charge in [-0.3, -0.25) is 24.5 Å². The number of hydrogen-bond donors (Lipinski definition) is 4. The third-order valence-electron chi connectivity index (χ3n) is 2.02. The number of thioether (sulfide) groups is 1. The maximum absolute atomic E-state index is 11.5. The number of rotatable bonds is 3. The van der Waals surface area contributed by atoms with Gasteiger partial charge in [0.2, 0.25) is 5.91 Å². The van der Waals surface area contributed by atoms with Crippen LogP contribution in [0.3, 0.4) is 0 Å². The summed E-state index contributed by atoms with van der Waals surface area (Å²) in [5.74, 6) is -0.0889. The van der Waals surface area contributed by atoms with Gasteiger partial charge < -0.3 is 10.6 Å². The molecule has 0 saturated carbocycles. The molecule has 1 amide bonds. The quantitative estimate of drug-likeness (QED) is 0.543. The molecule has 9 heteroatoms. The van der Waals surface area contributed by atoms with E-state index in [4.69, 9.17) is 0 Å². The molecule has 0 aromatic carbocycles. The Labute approximate surface area is 105 Å². The van der Waals surface area contributed by atoms with E-state index in [1.807, 2.05) is 4.98 Å². The van der Waals surface area contributed by atoms with Crippen molar-refractivity contribution in [1.82, 2.24) is 15.3 Å². The molecule has 8 nitrogen and oxygen atoms in total.